The second kappa shape index (κ2) is 7.99. The molecule has 2 aliphatic rings. The van der Waals surface area contributed by atoms with Crippen molar-refractivity contribution >= 4 is 29.5 Å². The van der Waals surface area contributed by atoms with Crippen LogP contribution in [-0.2, 0) is 9.59 Å². The molecule has 2 aliphatic heterocycles. The number of carbonyl (C=O) groups is 3. The number of carbonyl (C=O) groups excluding carboxylic acids is 3. The monoisotopic (exact) mass is 419 g/mol. The van der Waals surface area contributed by atoms with Crippen molar-refractivity contribution in [2.45, 2.75) is 62.9 Å². The van der Waals surface area contributed by atoms with E-state index in [9.17, 15) is 19.5 Å². The van der Waals surface area contributed by atoms with Crippen LogP contribution in [0.1, 0.15) is 55.9 Å². The van der Waals surface area contributed by atoms with E-state index in [1.54, 1.807) is 29.7 Å². The molecule has 29 heavy (non-hydrogen) atoms. The molecule has 1 fully saturated rings. The number of amides is 3. The van der Waals surface area contributed by atoms with E-state index in [1.165, 1.54) is 0 Å². The second-order valence-corrected chi connectivity index (χ2v) is 10.3. The summed E-state index contributed by atoms with van der Waals surface area (Å²) in [6.07, 6.45) is 0. The Hall–Kier alpha value is -2.06. The van der Waals surface area contributed by atoms with Crippen LogP contribution in [0.3, 0.4) is 0 Å². The van der Waals surface area contributed by atoms with Crippen LogP contribution in [0, 0.1) is 5.92 Å². The predicted molar refractivity (Wildman–Crippen MR) is 112 cm³/mol. The third-order valence-corrected chi connectivity index (χ3v) is 7.16. The number of hydrogen-bond acceptors (Lipinski definition) is 5. The SMILES string of the molecule is CC(NC(=O)C1N2C(=O)c3ccccc3C2SC1(C)C)C(=O)NC(CO)C(C)C. The van der Waals surface area contributed by atoms with Crippen LogP contribution in [0.25, 0.3) is 0 Å². The van der Waals surface area contributed by atoms with Crippen LogP contribution in [0.2, 0.25) is 0 Å². The van der Waals surface area contributed by atoms with Crippen molar-refractivity contribution in [3.63, 3.8) is 0 Å². The highest BCUT2D eigenvalue weighted by Gasteiger charge is 2.57. The van der Waals surface area contributed by atoms with Crippen LogP contribution >= 0.6 is 11.8 Å². The van der Waals surface area contributed by atoms with Gasteiger partial charge >= 0.3 is 0 Å². The molecule has 158 valence electrons. The third-order valence-electron chi connectivity index (χ3n) is 5.63. The molecule has 0 aliphatic carbocycles. The van der Waals surface area contributed by atoms with Gasteiger partial charge in [-0.3, -0.25) is 14.4 Å². The maximum atomic E-state index is 13.2. The van der Waals surface area contributed by atoms with E-state index in [-0.39, 0.29) is 41.7 Å². The van der Waals surface area contributed by atoms with Gasteiger partial charge in [0, 0.05) is 10.3 Å². The van der Waals surface area contributed by atoms with Gasteiger partial charge < -0.3 is 20.6 Å². The van der Waals surface area contributed by atoms with Crippen LogP contribution in [-0.4, -0.2) is 57.2 Å². The zero-order valence-electron chi connectivity index (χ0n) is 17.4. The highest BCUT2D eigenvalue weighted by Crippen LogP contribution is 2.56. The van der Waals surface area contributed by atoms with Gasteiger partial charge in [0.15, 0.2) is 0 Å². The number of nitrogens with zero attached hydrogens (tertiary/aromatic N) is 1. The van der Waals surface area contributed by atoms with E-state index in [1.807, 2.05) is 45.9 Å². The highest BCUT2D eigenvalue weighted by molar-refractivity contribution is 8.01. The normalized spacial score (nSPS) is 24.1. The Morgan fingerprint density at radius 2 is 1.86 bits per heavy atom. The number of benzene rings is 1. The second-order valence-electron chi connectivity index (χ2n) is 8.55. The summed E-state index contributed by atoms with van der Waals surface area (Å²) in [6.45, 7) is 9.13. The van der Waals surface area contributed by atoms with Gasteiger partial charge in [-0.05, 0) is 38.3 Å². The fourth-order valence-electron chi connectivity index (χ4n) is 3.89. The summed E-state index contributed by atoms with van der Waals surface area (Å²) in [5.41, 5.74) is 1.56. The molecule has 3 N–H and O–H groups in total. The average Bonchev–Trinajstić information content (AvgIpc) is 3.09. The maximum Gasteiger partial charge on any atom is 0.256 e. The number of nitrogens with one attached hydrogen (secondary N) is 2. The molecule has 4 unspecified atom stereocenters. The molecule has 1 saturated heterocycles. The molecule has 3 rings (SSSR count). The summed E-state index contributed by atoms with van der Waals surface area (Å²) in [5, 5.41) is 14.7. The van der Waals surface area contributed by atoms with Gasteiger partial charge in [0.05, 0.1) is 12.6 Å². The number of fused-ring (bicyclic) bond motifs is 3. The summed E-state index contributed by atoms with van der Waals surface area (Å²) >= 11 is 1.59. The van der Waals surface area contributed by atoms with E-state index in [0.717, 1.165) is 5.56 Å². The van der Waals surface area contributed by atoms with Crippen molar-refractivity contribution in [3.05, 3.63) is 35.4 Å². The van der Waals surface area contributed by atoms with Gasteiger partial charge in [0.1, 0.15) is 17.5 Å². The van der Waals surface area contributed by atoms with E-state index >= 15 is 0 Å². The zero-order chi connectivity index (χ0) is 21.5. The van der Waals surface area contributed by atoms with Crippen molar-refractivity contribution in [3.8, 4) is 0 Å². The molecule has 1 aromatic rings. The lowest BCUT2D eigenvalue weighted by Gasteiger charge is -2.31. The maximum absolute atomic E-state index is 13.2. The topological polar surface area (TPSA) is 98.7 Å². The van der Waals surface area contributed by atoms with E-state index in [4.69, 9.17) is 0 Å². The molecule has 0 aromatic heterocycles. The molecule has 4 atom stereocenters. The summed E-state index contributed by atoms with van der Waals surface area (Å²) in [5.74, 6) is -0.791. The van der Waals surface area contributed by atoms with Crippen LogP contribution in [0.5, 0.6) is 0 Å². The standard InChI is InChI=1S/C21H29N3O4S/c1-11(2)15(10-25)23-17(26)12(3)22-18(27)16-21(4,5)29-20-14-9-7-6-8-13(14)19(28)24(16)20/h6-9,11-12,15-16,20,25H,10H2,1-5H3,(H,22,27)(H,23,26). The van der Waals surface area contributed by atoms with Gasteiger partial charge in [-0.2, -0.15) is 0 Å². The Bertz CT molecular complexity index is 826. The Balaban J connectivity index is 1.75. The van der Waals surface area contributed by atoms with Gasteiger partial charge in [-0.15, -0.1) is 11.8 Å². The number of thioether (sulfide) groups is 1. The summed E-state index contributed by atoms with van der Waals surface area (Å²) in [7, 11) is 0. The first kappa shape index (κ1) is 21.6. The smallest absolute Gasteiger partial charge is 0.256 e. The van der Waals surface area contributed by atoms with Crippen molar-refractivity contribution < 1.29 is 19.5 Å². The van der Waals surface area contributed by atoms with E-state index in [2.05, 4.69) is 10.6 Å². The number of aliphatic hydroxyl groups is 1. The Morgan fingerprint density at radius 1 is 1.21 bits per heavy atom. The van der Waals surface area contributed by atoms with E-state index < -0.39 is 16.8 Å². The Morgan fingerprint density at radius 3 is 2.48 bits per heavy atom. The van der Waals surface area contributed by atoms with Crippen molar-refractivity contribution in [1.82, 2.24) is 15.5 Å². The number of hydrogen-bond donors (Lipinski definition) is 3. The number of aliphatic hydroxyl groups excluding tert-OH is 1. The molecule has 0 spiro atoms. The summed E-state index contributed by atoms with van der Waals surface area (Å²) in [6, 6.07) is 5.59. The molecule has 0 radical (unpaired) electrons. The first-order valence-corrected chi connectivity index (χ1v) is 10.8. The van der Waals surface area contributed by atoms with Gasteiger partial charge in [-0.25, -0.2) is 0 Å². The lowest BCUT2D eigenvalue weighted by atomic mass is 10.00. The van der Waals surface area contributed by atoms with Crippen molar-refractivity contribution in [2.75, 3.05) is 6.61 Å². The molecule has 1 aromatic carbocycles. The predicted octanol–water partition coefficient (Wildman–Crippen LogP) is 1.67. The lowest BCUT2D eigenvalue weighted by molar-refractivity contribution is -0.132. The fourth-order valence-corrected chi connectivity index (χ4v) is 5.48. The van der Waals surface area contributed by atoms with Crippen molar-refractivity contribution in [1.29, 1.82) is 0 Å². The molecule has 7 nitrogen and oxygen atoms in total. The first-order chi connectivity index (χ1) is 13.6. The molecular formula is C21H29N3O4S. The van der Waals surface area contributed by atoms with E-state index in [0.29, 0.717) is 5.56 Å². The van der Waals surface area contributed by atoms with Crippen LogP contribution in [0.4, 0.5) is 0 Å². The van der Waals surface area contributed by atoms with Gasteiger partial charge in [-0.1, -0.05) is 32.0 Å². The molecule has 2 heterocycles. The quantitative estimate of drug-likeness (QED) is 0.652. The fraction of sp³-hybridized carbons (Fsp3) is 0.571. The molecule has 8 heteroatoms. The summed E-state index contributed by atoms with van der Waals surface area (Å²) < 4.78 is -0.500. The van der Waals surface area contributed by atoms with Crippen molar-refractivity contribution in [2.24, 2.45) is 5.92 Å². The minimum atomic E-state index is -0.782. The molecular weight excluding hydrogens is 390 g/mol. The highest BCUT2D eigenvalue weighted by atomic mass is 32.2. The third kappa shape index (κ3) is 3.88. The lowest BCUT2D eigenvalue weighted by Crippen LogP contribution is -2.57. The molecule has 0 bridgehead atoms. The average molecular weight is 420 g/mol. The molecule has 3 amide bonds. The first-order valence-electron chi connectivity index (χ1n) is 9.89. The Labute approximate surface area is 175 Å². The number of rotatable bonds is 6. The minimum absolute atomic E-state index is 0.0681. The van der Waals surface area contributed by atoms with Crippen LogP contribution < -0.4 is 10.6 Å². The van der Waals surface area contributed by atoms with Crippen LogP contribution in [0.15, 0.2) is 24.3 Å². The minimum Gasteiger partial charge on any atom is -0.394 e. The summed E-state index contributed by atoms with van der Waals surface area (Å²) in [4.78, 5) is 40.3. The van der Waals surface area contributed by atoms with Gasteiger partial charge in [0.25, 0.3) is 5.91 Å². The largest absolute Gasteiger partial charge is 0.394 e. The zero-order valence-corrected chi connectivity index (χ0v) is 18.2. The molecule has 0 saturated carbocycles. The Kier molecular flexibility index (Phi) is 5.96. The van der Waals surface area contributed by atoms with Gasteiger partial charge in [0.2, 0.25) is 11.8 Å².